The van der Waals surface area contributed by atoms with Crippen molar-refractivity contribution in [3.05, 3.63) is 52.5 Å². The molecule has 7 nitrogen and oxygen atoms in total. The Balaban J connectivity index is 2.20. The van der Waals surface area contributed by atoms with E-state index in [1.165, 1.54) is 30.3 Å². The summed E-state index contributed by atoms with van der Waals surface area (Å²) in [6.45, 7) is 3.32. The highest BCUT2D eigenvalue weighted by Crippen LogP contribution is 2.29. The van der Waals surface area contributed by atoms with Gasteiger partial charge < -0.3 is 10.4 Å². The number of hydrogen-bond acceptors (Lipinski definition) is 4. The summed E-state index contributed by atoms with van der Waals surface area (Å²) in [6.07, 6.45) is -0.227. The molecule has 2 rings (SSSR count). The molecule has 0 radical (unpaired) electrons. The fraction of sp³-hybridized carbons (Fsp3) is 0.263. The summed E-state index contributed by atoms with van der Waals surface area (Å²) in [7, 11) is -4.04. The van der Waals surface area contributed by atoms with E-state index in [1.807, 2.05) is 0 Å². The molecule has 0 bridgehead atoms. The van der Waals surface area contributed by atoms with Crippen molar-refractivity contribution in [3.8, 4) is 0 Å². The van der Waals surface area contributed by atoms with Crippen LogP contribution in [-0.4, -0.2) is 25.4 Å². The number of carboxylic acids is 1. The molecule has 0 heterocycles. The number of benzene rings is 2. The average Bonchev–Trinajstić information content (AvgIpc) is 2.54. The number of anilines is 2. The molecule has 0 aliphatic heterocycles. The fourth-order valence-electron chi connectivity index (χ4n) is 2.66. The Kier molecular flexibility index (Phi) is 7.15. The predicted octanol–water partition coefficient (Wildman–Crippen LogP) is 4.62. The van der Waals surface area contributed by atoms with Gasteiger partial charge in [-0.15, -0.1) is 0 Å². The maximum atomic E-state index is 12.7. The number of rotatable bonds is 8. The van der Waals surface area contributed by atoms with E-state index in [9.17, 15) is 18.0 Å². The smallest absolute Gasteiger partial charge is 0.303 e. The van der Waals surface area contributed by atoms with Crippen LogP contribution in [0.3, 0.4) is 0 Å². The molecule has 0 aliphatic carbocycles. The van der Waals surface area contributed by atoms with Gasteiger partial charge in [0.2, 0.25) is 5.91 Å². The minimum Gasteiger partial charge on any atom is -0.481 e. The van der Waals surface area contributed by atoms with Crippen molar-refractivity contribution in [2.75, 3.05) is 10.0 Å². The standard InChI is InChI=1S/C19H20Cl2N2O5S/c1-19(2,11-18(25)26)10-17(24)22-13-6-7-15(21)16(9-13)29(27,28)23-14-5-3-4-12(20)8-14/h3-9,23H,10-11H2,1-2H3,(H,22,24)(H,25,26). The summed E-state index contributed by atoms with van der Waals surface area (Å²) in [5.74, 6) is -1.44. The SMILES string of the molecule is CC(C)(CC(=O)O)CC(=O)Nc1ccc(Cl)c(S(=O)(=O)Nc2cccc(Cl)c2)c1. The molecular weight excluding hydrogens is 439 g/mol. The van der Waals surface area contributed by atoms with Crippen molar-refractivity contribution < 1.29 is 23.1 Å². The minimum atomic E-state index is -4.04. The largest absolute Gasteiger partial charge is 0.481 e. The third-order valence-corrected chi connectivity index (χ3v) is 5.95. The van der Waals surface area contributed by atoms with Crippen LogP contribution in [0.1, 0.15) is 26.7 Å². The normalized spacial score (nSPS) is 11.7. The zero-order valence-corrected chi connectivity index (χ0v) is 18.0. The first kappa shape index (κ1) is 23.0. The lowest BCUT2D eigenvalue weighted by Gasteiger charge is -2.21. The zero-order chi connectivity index (χ0) is 21.8. The summed E-state index contributed by atoms with van der Waals surface area (Å²) < 4.78 is 27.8. The van der Waals surface area contributed by atoms with Crippen molar-refractivity contribution in [3.63, 3.8) is 0 Å². The molecular formula is C19H20Cl2N2O5S. The number of aliphatic carboxylic acids is 1. The van der Waals surface area contributed by atoms with Crippen molar-refractivity contribution in [1.29, 1.82) is 0 Å². The molecule has 1 amide bonds. The lowest BCUT2D eigenvalue weighted by molar-refractivity contribution is -0.139. The molecule has 0 saturated heterocycles. The number of hydrogen-bond donors (Lipinski definition) is 3. The highest BCUT2D eigenvalue weighted by atomic mass is 35.5. The van der Waals surface area contributed by atoms with Gasteiger partial charge in [0.1, 0.15) is 4.90 Å². The second-order valence-corrected chi connectivity index (χ2v) is 9.72. The van der Waals surface area contributed by atoms with E-state index in [0.717, 1.165) is 0 Å². The number of carbonyl (C=O) groups is 2. The zero-order valence-electron chi connectivity index (χ0n) is 15.7. The van der Waals surface area contributed by atoms with Crippen LogP contribution in [-0.2, 0) is 19.6 Å². The number of carbonyl (C=O) groups excluding carboxylic acids is 1. The minimum absolute atomic E-state index is 0.0243. The van der Waals surface area contributed by atoms with Gasteiger partial charge in [-0.05, 0) is 41.8 Å². The van der Waals surface area contributed by atoms with E-state index < -0.39 is 27.3 Å². The molecule has 2 aromatic rings. The van der Waals surface area contributed by atoms with Gasteiger partial charge in [-0.1, -0.05) is 43.1 Å². The second-order valence-electron chi connectivity index (χ2n) is 7.22. The molecule has 3 N–H and O–H groups in total. The van der Waals surface area contributed by atoms with Crippen LogP contribution >= 0.6 is 23.2 Å². The Labute approximate surface area is 179 Å². The second kappa shape index (κ2) is 9.02. The highest BCUT2D eigenvalue weighted by Gasteiger charge is 2.26. The van der Waals surface area contributed by atoms with Gasteiger partial charge in [0.25, 0.3) is 10.0 Å². The molecule has 0 fully saturated rings. The van der Waals surface area contributed by atoms with Gasteiger partial charge in [0.05, 0.1) is 17.1 Å². The number of amides is 1. The Bertz CT molecular complexity index is 1040. The Hall–Kier alpha value is -2.29. The molecule has 0 unspecified atom stereocenters. The number of halogens is 2. The van der Waals surface area contributed by atoms with E-state index in [-0.39, 0.29) is 34.1 Å². The summed E-state index contributed by atoms with van der Waals surface area (Å²) in [6, 6.07) is 10.2. The van der Waals surface area contributed by atoms with Crippen LogP contribution in [0.4, 0.5) is 11.4 Å². The first-order chi connectivity index (χ1) is 13.4. The summed E-state index contributed by atoms with van der Waals surface area (Å²) in [4.78, 5) is 22.9. The Morgan fingerprint density at radius 1 is 1.03 bits per heavy atom. The van der Waals surface area contributed by atoms with Crippen LogP contribution in [0.25, 0.3) is 0 Å². The van der Waals surface area contributed by atoms with Crippen LogP contribution in [0.5, 0.6) is 0 Å². The van der Waals surface area contributed by atoms with Gasteiger partial charge in [0, 0.05) is 17.1 Å². The first-order valence-corrected chi connectivity index (χ1v) is 10.7. The highest BCUT2D eigenvalue weighted by molar-refractivity contribution is 7.92. The molecule has 10 heteroatoms. The maximum absolute atomic E-state index is 12.7. The molecule has 0 spiro atoms. The molecule has 0 atom stereocenters. The van der Waals surface area contributed by atoms with E-state index in [1.54, 1.807) is 26.0 Å². The Morgan fingerprint density at radius 2 is 1.72 bits per heavy atom. The number of carboxylic acid groups (broad SMARTS) is 1. The molecule has 2 aromatic carbocycles. The average molecular weight is 459 g/mol. The first-order valence-electron chi connectivity index (χ1n) is 8.48. The van der Waals surface area contributed by atoms with Crippen LogP contribution in [0, 0.1) is 5.41 Å². The van der Waals surface area contributed by atoms with Crippen LogP contribution in [0.2, 0.25) is 10.0 Å². The molecule has 156 valence electrons. The fourth-order valence-corrected chi connectivity index (χ4v) is 4.43. The van der Waals surface area contributed by atoms with Crippen molar-refractivity contribution >= 4 is 56.5 Å². The Morgan fingerprint density at radius 3 is 2.34 bits per heavy atom. The van der Waals surface area contributed by atoms with Crippen LogP contribution < -0.4 is 10.0 Å². The van der Waals surface area contributed by atoms with E-state index >= 15 is 0 Å². The lowest BCUT2D eigenvalue weighted by atomic mass is 9.85. The van der Waals surface area contributed by atoms with E-state index in [0.29, 0.717) is 5.02 Å². The summed E-state index contributed by atoms with van der Waals surface area (Å²) >= 11 is 11.9. The van der Waals surface area contributed by atoms with E-state index in [4.69, 9.17) is 28.3 Å². The molecule has 0 saturated carbocycles. The topological polar surface area (TPSA) is 113 Å². The van der Waals surface area contributed by atoms with Gasteiger partial charge in [-0.2, -0.15) is 0 Å². The van der Waals surface area contributed by atoms with Crippen molar-refractivity contribution in [2.24, 2.45) is 5.41 Å². The summed E-state index contributed by atoms with van der Waals surface area (Å²) in [5, 5.41) is 11.8. The quantitative estimate of drug-likeness (QED) is 0.533. The maximum Gasteiger partial charge on any atom is 0.303 e. The summed E-state index contributed by atoms with van der Waals surface area (Å²) in [5.41, 5.74) is -0.277. The van der Waals surface area contributed by atoms with Crippen molar-refractivity contribution in [2.45, 2.75) is 31.6 Å². The monoisotopic (exact) mass is 458 g/mol. The van der Waals surface area contributed by atoms with Gasteiger partial charge >= 0.3 is 5.97 Å². The molecule has 29 heavy (non-hydrogen) atoms. The van der Waals surface area contributed by atoms with Gasteiger partial charge in [0.15, 0.2) is 0 Å². The third kappa shape index (κ3) is 6.92. The van der Waals surface area contributed by atoms with E-state index in [2.05, 4.69) is 10.0 Å². The number of nitrogens with one attached hydrogen (secondary N) is 2. The van der Waals surface area contributed by atoms with Crippen LogP contribution in [0.15, 0.2) is 47.4 Å². The third-order valence-electron chi connectivity index (χ3n) is 3.85. The lowest BCUT2D eigenvalue weighted by Crippen LogP contribution is -2.25. The predicted molar refractivity (Wildman–Crippen MR) is 113 cm³/mol. The molecule has 0 aliphatic rings. The number of sulfonamides is 1. The van der Waals surface area contributed by atoms with Crippen molar-refractivity contribution in [1.82, 2.24) is 0 Å². The molecule has 0 aromatic heterocycles. The van der Waals surface area contributed by atoms with Gasteiger partial charge in [-0.25, -0.2) is 8.42 Å². The van der Waals surface area contributed by atoms with Gasteiger partial charge in [-0.3, -0.25) is 14.3 Å².